The average Bonchev–Trinajstić information content (AvgIpc) is 2.62. The van der Waals surface area contributed by atoms with Gasteiger partial charge in [-0.3, -0.25) is 4.79 Å². The minimum atomic E-state index is -4.59. The van der Waals surface area contributed by atoms with Crippen LogP contribution in [0.25, 0.3) is 10.9 Å². The quantitative estimate of drug-likeness (QED) is 0.757. The van der Waals surface area contributed by atoms with Crippen molar-refractivity contribution in [2.45, 2.75) is 12.7 Å². The number of pyridine rings is 1. The minimum Gasteiger partial charge on any atom is -0.497 e. The fraction of sp³-hybridized carbons (Fsp3) is 0.211. The van der Waals surface area contributed by atoms with Crippen molar-refractivity contribution in [3.63, 3.8) is 0 Å². The second-order valence-corrected chi connectivity index (χ2v) is 5.88. The molecule has 1 aromatic heterocycles. The highest BCUT2D eigenvalue weighted by Crippen LogP contribution is 2.30. The molecule has 0 spiro atoms. The van der Waals surface area contributed by atoms with Crippen molar-refractivity contribution in [2.75, 3.05) is 12.4 Å². The molecule has 0 saturated carbocycles. The van der Waals surface area contributed by atoms with E-state index in [4.69, 9.17) is 4.74 Å². The van der Waals surface area contributed by atoms with Crippen LogP contribution in [0.2, 0.25) is 0 Å². The second-order valence-electron chi connectivity index (χ2n) is 5.88. The summed E-state index contributed by atoms with van der Waals surface area (Å²) in [4.78, 5) is 12.0. The Kier molecular flexibility index (Phi) is 4.63. The molecule has 2 aromatic carbocycles. The molecule has 26 heavy (non-hydrogen) atoms. The van der Waals surface area contributed by atoms with Gasteiger partial charge in [0, 0.05) is 30.7 Å². The van der Waals surface area contributed by atoms with Crippen molar-refractivity contribution < 1.29 is 17.9 Å². The molecular formula is C19H17F3N2O2. The van der Waals surface area contributed by atoms with Gasteiger partial charge in [-0.25, -0.2) is 0 Å². The van der Waals surface area contributed by atoms with Gasteiger partial charge in [-0.1, -0.05) is 12.1 Å². The monoisotopic (exact) mass is 362 g/mol. The van der Waals surface area contributed by atoms with Crippen LogP contribution in [0.3, 0.4) is 0 Å². The molecule has 3 rings (SSSR count). The van der Waals surface area contributed by atoms with E-state index in [9.17, 15) is 18.0 Å². The van der Waals surface area contributed by atoms with Gasteiger partial charge in [-0.05, 0) is 35.9 Å². The maximum Gasteiger partial charge on any atom is 0.431 e. The summed E-state index contributed by atoms with van der Waals surface area (Å²) in [6, 6.07) is 12.8. The number of anilines is 1. The van der Waals surface area contributed by atoms with E-state index >= 15 is 0 Å². The Hall–Kier alpha value is -2.96. The Morgan fingerprint density at radius 1 is 1.08 bits per heavy atom. The third-order valence-electron chi connectivity index (χ3n) is 4.20. The van der Waals surface area contributed by atoms with Crippen molar-refractivity contribution >= 4 is 16.6 Å². The Morgan fingerprint density at radius 2 is 1.77 bits per heavy atom. The van der Waals surface area contributed by atoms with Crippen LogP contribution in [0.5, 0.6) is 5.75 Å². The lowest BCUT2D eigenvalue weighted by Gasteiger charge is -2.16. The van der Waals surface area contributed by atoms with Gasteiger partial charge in [-0.15, -0.1) is 0 Å². The number of aryl methyl sites for hydroxylation is 1. The Labute approximate surface area is 147 Å². The van der Waals surface area contributed by atoms with Gasteiger partial charge in [0.05, 0.1) is 12.6 Å². The van der Waals surface area contributed by atoms with Crippen LogP contribution in [0.4, 0.5) is 18.9 Å². The normalized spacial score (nSPS) is 11.6. The van der Waals surface area contributed by atoms with Crippen molar-refractivity contribution in [3.8, 4) is 5.75 Å². The SMILES string of the molecule is COc1ccc(CNc2ccc3c(=O)cc(C(F)(F)F)n(C)c3c2)cc1. The molecule has 0 unspecified atom stereocenters. The molecule has 136 valence electrons. The zero-order chi connectivity index (χ0) is 18.9. The van der Waals surface area contributed by atoms with E-state index in [1.807, 2.05) is 24.3 Å². The second kappa shape index (κ2) is 6.74. The van der Waals surface area contributed by atoms with E-state index in [1.54, 1.807) is 19.2 Å². The Morgan fingerprint density at radius 3 is 2.38 bits per heavy atom. The highest BCUT2D eigenvalue weighted by atomic mass is 19.4. The Bertz CT molecular complexity index is 993. The first-order chi connectivity index (χ1) is 12.3. The first-order valence-corrected chi connectivity index (χ1v) is 7.87. The number of methoxy groups -OCH3 is 1. The summed E-state index contributed by atoms with van der Waals surface area (Å²) < 4.78 is 45.4. The van der Waals surface area contributed by atoms with Crippen LogP contribution in [0.15, 0.2) is 53.3 Å². The largest absolute Gasteiger partial charge is 0.497 e. The number of ether oxygens (including phenoxy) is 1. The molecule has 0 amide bonds. The lowest BCUT2D eigenvalue weighted by Crippen LogP contribution is -2.19. The number of halogens is 3. The number of fused-ring (bicyclic) bond motifs is 1. The van der Waals surface area contributed by atoms with E-state index < -0.39 is 17.3 Å². The zero-order valence-electron chi connectivity index (χ0n) is 14.2. The van der Waals surface area contributed by atoms with Crippen LogP contribution in [0, 0.1) is 0 Å². The molecule has 0 saturated heterocycles. The third-order valence-corrected chi connectivity index (χ3v) is 4.20. The van der Waals surface area contributed by atoms with Crippen LogP contribution in [-0.4, -0.2) is 11.7 Å². The molecule has 7 heteroatoms. The highest BCUT2D eigenvalue weighted by Gasteiger charge is 2.34. The molecule has 0 radical (unpaired) electrons. The number of nitrogens with zero attached hydrogens (tertiary/aromatic N) is 1. The van der Waals surface area contributed by atoms with E-state index in [2.05, 4.69) is 5.32 Å². The summed E-state index contributed by atoms with van der Waals surface area (Å²) in [7, 11) is 2.89. The van der Waals surface area contributed by atoms with E-state index in [0.29, 0.717) is 18.3 Å². The molecule has 0 atom stereocenters. The number of alkyl halides is 3. The summed E-state index contributed by atoms with van der Waals surface area (Å²) in [6.07, 6.45) is -4.59. The van der Waals surface area contributed by atoms with Gasteiger partial charge in [0.1, 0.15) is 11.4 Å². The fourth-order valence-corrected chi connectivity index (χ4v) is 2.78. The molecular weight excluding hydrogens is 345 g/mol. The lowest BCUT2D eigenvalue weighted by atomic mass is 10.1. The molecule has 1 N–H and O–H groups in total. The number of hydrogen-bond donors (Lipinski definition) is 1. The first-order valence-electron chi connectivity index (χ1n) is 7.87. The minimum absolute atomic E-state index is 0.226. The third kappa shape index (κ3) is 3.51. The number of benzene rings is 2. The number of aromatic nitrogens is 1. The van der Waals surface area contributed by atoms with E-state index in [-0.39, 0.29) is 10.9 Å². The van der Waals surface area contributed by atoms with Gasteiger partial charge in [-0.2, -0.15) is 13.2 Å². The van der Waals surface area contributed by atoms with Crippen LogP contribution < -0.4 is 15.5 Å². The Balaban J connectivity index is 1.92. The van der Waals surface area contributed by atoms with Crippen LogP contribution >= 0.6 is 0 Å². The average molecular weight is 362 g/mol. The van der Waals surface area contributed by atoms with Crippen LogP contribution in [0.1, 0.15) is 11.3 Å². The van der Waals surface area contributed by atoms with Crippen LogP contribution in [-0.2, 0) is 19.8 Å². The number of rotatable bonds is 4. The lowest BCUT2D eigenvalue weighted by molar-refractivity contribution is -0.143. The number of nitrogens with one attached hydrogen (secondary N) is 1. The molecule has 0 aliphatic heterocycles. The van der Waals surface area contributed by atoms with Crippen molar-refractivity contribution in [1.29, 1.82) is 0 Å². The van der Waals surface area contributed by atoms with E-state index in [0.717, 1.165) is 15.9 Å². The number of hydrogen-bond acceptors (Lipinski definition) is 3. The predicted molar refractivity (Wildman–Crippen MR) is 94.5 cm³/mol. The predicted octanol–water partition coefficient (Wildman–Crippen LogP) is 4.18. The standard InChI is InChI=1S/C19H17F3N2O2/c1-24-16-9-13(23-11-12-3-6-14(26-2)7-4-12)5-8-15(16)17(25)10-18(24)19(20,21)22/h3-10,23H,11H2,1-2H3. The van der Waals surface area contributed by atoms with Gasteiger partial charge in [0.15, 0.2) is 5.43 Å². The highest BCUT2D eigenvalue weighted by molar-refractivity contribution is 5.83. The summed E-state index contributed by atoms with van der Waals surface area (Å²) >= 11 is 0. The molecule has 0 fully saturated rings. The van der Waals surface area contributed by atoms with Gasteiger partial charge < -0.3 is 14.6 Å². The van der Waals surface area contributed by atoms with Gasteiger partial charge in [0.25, 0.3) is 0 Å². The van der Waals surface area contributed by atoms with E-state index in [1.165, 1.54) is 13.1 Å². The molecule has 0 aliphatic carbocycles. The molecule has 3 aromatic rings. The molecule has 1 heterocycles. The van der Waals surface area contributed by atoms with Crippen molar-refractivity contribution in [2.24, 2.45) is 7.05 Å². The fourth-order valence-electron chi connectivity index (χ4n) is 2.78. The first kappa shape index (κ1) is 17.8. The van der Waals surface area contributed by atoms with Crippen molar-refractivity contribution in [1.82, 2.24) is 4.57 Å². The zero-order valence-corrected chi connectivity index (χ0v) is 14.2. The summed E-state index contributed by atoms with van der Waals surface area (Å²) in [6.45, 7) is 0.489. The van der Waals surface area contributed by atoms with Gasteiger partial charge in [0.2, 0.25) is 0 Å². The van der Waals surface area contributed by atoms with Crippen molar-refractivity contribution in [3.05, 3.63) is 70.0 Å². The summed E-state index contributed by atoms with van der Waals surface area (Å²) in [5.41, 5.74) is 0.227. The summed E-state index contributed by atoms with van der Waals surface area (Å²) in [5, 5.41) is 3.40. The molecule has 0 aliphatic rings. The topological polar surface area (TPSA) is 43.3 Å². The maximum absolute atomic E-state index is 13.1. The smallest absolute Gasteiger partial charge is 0.431 e. The molecule has 4 nitrogen and oxygen atoms in total. The molecule has 0 bridgehead atoms. The van der Waals surface area contributed by atoms with Gasteiger partial charge >= 0.3 is 6.18 Å². The maximum atomic E-state index is 13.1. The summed E-state index contributed by atoms with van der Waals surface area (Å²) in [5.74, 6) is 0.745.